The Kier molecular flexibility index (Phi) is 1.76. The summed E-state index contributed by atoms with van der Waals surface area (Å²) in [7, 11) is 0. The molecule has 0 aliphatic carbocycles. The minimum Gasteiger partial charge on any atom is -0.310 e. The first-order chi connectivity index (χ1) is 6.20. The number of aromatic nitrogens is 2. The highest BCUT2D eigenvalue weighted by Crippen LogP contribution is 2.34. The highest BCUT2D eigenvalue weighted by Gasteiger charge is 2.33. The van der Waals surface area contributed by atoms with E-state index in [9.17, 15) is 4.79 Å². The standard InChI is InChI=1S/C9H11N3O/c1-5(2)7-6-3-10-4-11-8(6)12-9(7)13/h3-5,7H,1-2H3,(H,10,11,12,13). The molecule has 0 aromatic carbocycles. The molecule has 1 aromatic heterocycles. The van der Waals surface area contributed by atoms with Gasteiger partial charge < -0.3 is 5.32 Å². The molecule has 0 radical (unpaired) electrons. The van der Waals surface area contributed by atoms with Crippen molar-refractivity contribution in [3.8, 4) is 0 Å². The Balaban J connectivity index is 2.46. The van der Waals surface area contributed by atoms with Crippen LogP contribution in [0.4, 0.5) is 5.82 Å². The third kappa shape index (κ3) is 1.18. The maximum Gasteiger partial charge on any atom is 0.233 e. The fourth-order valence-electron chi connectivity index (χ4n) is 1.67. The first-order valence-corrected chi connectivity index (χ1v) is 4.31. The van der Waals surface area contributed by atoms with Crippen LogP contribution in [0, 0.1) is 5.92 Å². The van der Waals surface area contributed by atoms with Gasteiger partial charge in [-0.15, -0.1) is 0 Å². The molecule has 68 valence electrons. The molecule has 1 atom stereocenters. The number of carbonyl (C=O) groups is 1. The Morgan fingerprint density at radius 2 is 2.31 bits per heavy atom. The molecule has 1 N–H and O–H groups in total. The molecular formula is C9H11N3O. The fraction of sp³-hybridized carbons (Fsp3) is 0.444. The average Bonchev–Trinajstić information content (AvgIpc) is 2.39. The van der Waals surface area contributed by atoms with Gasteiger partial charge in [0.2, 0.25) is 5.91 Å². The summed E-state index contributed by atoms with van der Waals surface area (Å²) < 4.78 is 0. The maximum absolute atomic E-state index is 11.5. The van der Waals surface area contributed by atoms with Crippen molar-refractivity contribution in [2.75, 3.05) is 5.32 Å². The summed E-state index contributed by atoms with van der Waals surface area (Å²) in [5.74, 6) is 0.896. The van der Waals surface area contributed by atoms with Gasteiger partial charge in [-0.05, 0) is 5.92 Å². The Hall–Kier alpha value is -1.45. The van der Waals surface area contributed by atoms with Crippen LogP contribution in [-0.2, 0) is 4.79 Å². The number of nitrogens with one attached hydrogen (secondary N) is 1. The van der Waals surface area contributed by atoms with Crippen LogP contribution in [0.1, 0.15) is 25.3 Å². The zero-order valence-electron chi connectivity index (χ0n) is 7.61. The SMILES string of the molecule is CC(C)C1C(=O)Nc2ncncc21. The van der Waals surface area contributed by atoms with E-state index in [2.05, 4.69) is 15.3 Å². The number of carbonyl (C=O) groups excluding carboxylic acids is 1. The minimum absolute atomic E-state index is 0.0329. The van der Waals surface area contributed by atoms with Crippen LogP contribution in [0.15, 0.2) is 12.5 Å². The van der Waals surface area contributed by atoms with Crippen molar-refractivity contribution in [1.82, 2.24) is 9.97 Å². The van der Waals surface area contributed by atoms with E-state index in [1.807, 2.05) is 13.8 Å². The quantitative estimate of drug-likeness (QED) is 0.700. The largest absolute Gasteiger partial charge is 0.310 e. The van der Waals surface area contributed by atoms with Gasteiger partial charge in [-0.2, -0.15) is 0 Å². The van der Waals surface area contributed by atoms with Gasteiger partial charge in [0.05, 0.1) is 5.92 Å². The van der Waals surface area contributed by atoms with Gasteiger partial charge in [0.25, 0.3) is 0 Å². The molecule has 2 heterocycles. The van der Waals surface area contributed by atoms with E-state index in [4.69, 9.17) is 0 Å². The zero-order valence-corrected chi connectivity index (χ0v) is 7.61. The average molecular weight is 177 g/mol. The lowest BCUT2D eigenvalue weighted by Gasteiger charge is -2.10. The minimum atomic E-state index is -0.0869. The van der Waals surface area contributed by atoms with E-state index in [0.717, 1.165) is 5.56 Å². The smallest absolute Gasteiger partial charge is 0.233 e. The monoisotopic (exact) mass is 177 g/mol. The lowest BCUT2D eigenvalue weighted by atomic mass is 9.91. The van der Waals surface area contributed by atoms with Crippen molar-refractivity contribution in [2.45, 2.75) is 19.8 Å². The number of fused-ring (bicyclic) bond motifs is 1. The van der Waals surface area contributed by atoms with Crippen molar-refractivity contribution in [3.05, 3.63) is 18.1 Å². The van der Waals surface area contributed by atoms with E-state index in [1.54, 1.807) is 6.20 Å². The summed E-state index contributed by atoms with van der Waals surface area (Å²) in [6.45, 7) is 4.04. The van der Waals surface area contributed by atoms with Crippen LogP contribution in [0.2, 0.25) is 0 Å². The van der Waals surface area contributed by atoms with E-state index in [-0.39, 0.29) is 17.7 Å². The number of rotatable bonds is 1. The maximum atomic E-state index is 11.5. The number of anilines is 1. The molecule has 0 fully saturated rings. The Morgan fingerprint density at radius 1 is 1.54 bits per heavy atom. The predicted octanol–water partition coefficient (Wildman–Crippen LogP) is 1.17. The highest BCUT2D eigenvalue weighted by molar-refractivity contribution is 6.01. The van der Waals surface area contributed by atoms with Crippen molar-refractivity contribution < 1.29 is 4.79 Å². The lowest BCUT2D eigenvalue weighted by molar-refractivity contribution is -0.117. The zero-order chi connectivity index (χ0) is 9.42. The molecule has 0 bridgehead atoms. The molecule has 13 heavy (non-hydrogen) atoms. The van der Waals surface area contributed by atoms with Crippen molar-refractivity contribution in [2.24, 2.45) is 5.92 Å². The molecule has 0 saturated heterocycles. The Labute approximate surface area is 76.4 Å². The summed E-state index contributed by atoms with van der Waals surface area (Å²) in [6.07, 6.45) is 3.16. The summed E-state index contributed by atoms with van der Waals surface area (Å²) in [6, 6.07) is 0. The van der Waals surface area contributed by atoms with Gasteiger partial charge in [0.1, 0.15) is 12.1 Å². The molecule has 1 aromatic rings. The Morgan fingerprint density at radius 3 is 3.00 bits per heavy atom. The fourth-order valence-corrected chi connectivity index (χ4v) is 1.67. The molecule has 1 amide bonds. The van der Waals surface area contributed by atoms with E-state index >= 15 is 0 Å². The van der Waals surface area contributed by atoms with E-state index in [0.29, 0.717) is 5.82 Å². The second kappa shape index (κ2) is 2.80. The summed E-state index contributed by atoms with van der Waals surface area (Å²) in [4.78, 5) is 19.4. The van der Waals surface area contributed by atoms with Crippen LogP contribution in [0.25, 0.3) is 0 Å². The number of hydrogen-bond acceptors (Lipinski definition) is 3. The lowest BCUT2D eigenvalue weighted by Crippen LogP contribution is -2.16. The predicted molar refractivity (Wildman–Crippen MR) is 48.2 cm³/mol. The first kappa shape index (κ1) is 8.16. The van der Waals surface area contributed by atoms with Crippen LogP contribution in [-0.4, -0.2) is 15.9 Å². The second-order valence-corrected chi connectivity index (χ2v) is 3.54. The summed E-state index contributed by atoms with van der Waals surface area (Å²) in [5, 5.41) is 2.74. The van der Waals surface area contributed by atoms with Gasteiger partial charge in [-0.1, -0.05) is 13.8 Å². The highest BCUT2D eigenvalue weighted by atomic mass is 16.2. The summed E-state index contributed by atoms with van der Waals surface area (Å²) in [5.41, 5.74) is 0.919. The van der Waals surface area contributed by atoms with Crippen LogP contribution < -0.4 is 5.32 Å². The van der Waals surface area contributed by atoms with E-state index in [1.165, 1.54) is 6.33 Å². The molecule has 0 spiro atoms. The van der Waals surface area contributed by atoms with E-state index < -0.39 is 0 Å². The molecule has 4 heteroatoms. The van der Waals surface area contributed by atoms with Crippen LogP contribution >= 0.6 is 0 Å². The molecule has 2 rings (SSSR count). The number of nitrogens with zero attached hydrogens (tertiary/aromatic N) is 2. The van der Waals surface area contributed by atoms with Gasteiger partial charge in [0.15, 0.2) is 0 Å². The molecule has 1 aliphatic heterocycles. The van der Waals surface area contributed by atoms with Crippen molar-refractivity contribution in [3.63, 3.8) is 0 Å². The topological polar surface area (TPSA) is 54.9 Å². The molecule has 1 unspecified atom stereocenters. The third-order valence-electron chi connectivity index (χ3n) is 2.27. The number of amides is 1. The first-order valence-electron chi connectivity index (χ1n) is 4.31. The summed E-state index contributed by atoms with van der Waals surface area (Å²) >= 11 is 0. The normalized spacial score (nSPS) is 20.2. The molecular weight excluding hydrogens is 166 g/mol. The van der Waals surface area contributed by atoms with Crippen molar-refractivity contribution in [1.29, 1.82) is 0 Å². The van der Waals surface area contributed by atoms with Gasteiger partial charge in [-0.25, -0.2) is 9.97 Å². The molecule has 0 saturated carbocycles. The van der Waals surface area contributed by atoms with Crippen molar-refractivity contribution >= 4 is 11.7 Å². The third-order valence-corrected chi connectivity index (χ3v) is 2.27. The van der Waals surface area contributed by atoms with Crippen LogP contribution in [0.5, 0.6) is 0 Å². The van der Waals surface area contributed by atoms with Gasteiger partial charge in [0, 0.05) is 11.8 Å². The van der Waals surface area contributed by atoms with Gasteiger partial charge >= 0.3 is 0 Å². The van der Waals surface area contributed by atoms with Crippen LogP contribution in [0.3, 0.4) is 0 Å². The Bertz CT molecular complexity index is 348. The van der Waals surface area contributed by atoms with Gasteiger partial charge in [-0.3, -0.25) is 4.79 Å². The number of hydrogen-bond donors (Lipinski definition) is 1. The molecule has 4 nitrogen and oxygen atoms in total. The molecule has 1 aliphatic rings. The second-order valence-electron chi connectivity index (χ2n) is 3.54.